The van der Waals surface area contributed by atoms with Gasteiger partial charge >= 0.3 is 0 Å². The van der Waals surface area contributed by atoms with E-state index in [0.717, 1.165) is 6.54 Å². The van der Waals surface area contributed by atoms with E-state index in [9.17, 15) is 5.11 Å². The Morgan fingerprint density at radius 3 is 2.36 bits per heavy atom. The lowest BCUT2D eigenvalue weighted by Crippen LogP contribution is -2.40. The number of unbranched alkanes of at least 4 members (excludes halogenated alkanes) is 2. The van der Waals surface area contributed by atoms with Crippen molar-refractivity contribution in [2.24, 2.45) is 5.73 Å². The van der Waals surface area contributed by atoms with E-state index < -0.39 is 0 Å². The van der Waals surface area contributed by atoms with Gasteiger partial charge in [-0.15, -0.1) is 0 Å². The van der Waals surface area contributed by atoms with Crippen molar-refractivity contribution in [3.8, 4) is 0 Å². The molecule has 0 saturated heterocycles. The summed E-state index contributed by atoms with van der Waals surface area (Å²) in [6.45, 7) is 8.66. The molecule has 0 heterocycles. The first kappa shape index (κ1) is 13.9. The molecule has 3 nitrogen and oxygen atoms in total. The van der Waals surface area contributed by atoms with Gasteiger partial charge in [0.2, 0.25) is 0 Å². The summed E-state index contributed by atoms with van der Waals surface area (Å²) in [5.41, 5.74) is 5.40. The topological polar surface area (TPSA) is 49.5 Å². The molecule has 0 aromatic heterocycles. The first-order valence-corrected chi connectivity index (χ1v) is 5.74. The Labute approximate surface area is 88.3 Å². The lowest BCUT2D eigenvalue weighted by Gasteiger charge is -2.28. The van der Waals surface area contributed by atoms with Crippen molar-refractivity contribution in [1.29, 1.82) is 0 Å². The summed E-state index contributed by atoms with van der Waals surface area (Å²) in [4.78, 5) is 2.30. The molecule has 0 bridgehead atoms. The van der Waals surface area contributed by atoms with Crippen LogP contribution < -0.4 is 5.73 Å². The minimum Gasteiger partial charge on any atom is -0.390 e. The molecule has 0 spiro atoms. The Morgan fingerprint density at radius 1 is 1.29 bits per heavy atom. The first-order valence-electron chi connectivity index (χ1n) is 5.74. The van der Waals surface area contributed by atoms with Crippen LogP contribution in [0.25, 0.3) is 0 Å². The molecule has 3 N–H and O–H groups in total. The van der Waals surface area contributed by atoms with Crippen LogP contribution in [0, 0.1) is 0 Å². The molecule has 1 unspecified atom stereocenters. The summed E-state index contributed by atoms with van der Waals surface area (Å²) in [6.07, 6.45) is 3.35. The van der Waals surface area contributed by atoms with Crippen LogP contribution in [0.1, 0.15) is 40.0 Å². The van der Waals surface area contributed by atoms with Crippen molar-refractivity contribution in [2.45, 2.75) is 52.2 Å². The van der Waals surface area contributed by atoms with E-state index >= 15 is 0 Å². The molecule has 0 aliphatic heterocycles. The Balaban J connectivity index is 3.77. The Hall–Kier alpha value is -0.120. The Kier molecular flexibility index (Phi) is 8.14. The van der Waals surface area contributed by atoms with E-state index in [1.807, 2.05) is 0 Å². The van der Waals surface area contributed by atoms with Crippen LogP contribution >= 0.6 is 0 Å². The molecule has 14 heavy (non-hydrogen) atoms. The van der Waals surface area contributed by atoms with Gasteiger partial charge < -0.3 is 10.8 Å². The third-order valence-corrected chi connectivity index (χ3v) is 2.50. The molecular formula is C11H26N2O. The first-order chi connectivity index (χ1) is 6.61. The van der Waals surface area contributed by atoms with Crippen molar-refractivity contribution in [3.63, 3.8) is 0 Å². The smallest absolute Gasteiger partial charge is 0.0789 e. The van der Waals surface area contributed by atoms with E-state index in [-0.39, 0.29) is 6.10 Å². The lowest BCUT2D eigenvalue weighted by atomic mass is 10.2. The van der Waals surface area contributed by atoms with Gasteiger partial charge in [-0.3, -0.25) is 4.90 Å². The summed E-state index contributed by atoms with van der Waals surface area (Å²) in [6, 6.07) is 0.494. The van der Waals surface area contributed by atoms with Gasteiger partial charge in [-0.05, 0) is 26.8 Å². The van der Waals surface area contributed by atoms with Gasteiger partial charge in [-0.1, -0.05) is 19.8 Å². The summed E-state index contributed by atoms with van der Waals surface area (Å²) >= 11 is 0. The molecular weight excluding hydrogens is 176 g/mol. The van der Waals surface area contributed by atoms with E-state index in [1.54, 1.807) is 0 Å². The van der Waals surface area contributed by atoms with Gasteiger partial charge in [-0.25, -0.2) is 0 Å². The van der Waals surface area contributed by atoms with Crippen molar-refractivity contribution in [3.05, 3.63) is 0 Å². The molecule has 3 heteroatoms. The molecule has 0 amide bonds. The molecule has 0 fully saturated rings. The van der Waals surface area contributed by atoms with Gasteiger partial charge in [0.1, 0.15) is 0 Å². The molecule has 0 saturated carbocycles. The van der Waals surface area contributed by atoms with Crippen LogP contribution in [0.15, 0.2) is 0 Å². The summed E-state index contributed by atoms with van der Waals surface area (Å²) in [5.74, 6) is 0. The summed E-state index contributed by atoms with van der Waals surface area (Å²) in [7, 11) is 0. The number of hydrogen-bond acceptors (Lipinski definition) is 3. The highest BCUT2D eigenvalue weighted by molar-refractivity contribution is 4.68. The third-order valence-electron chi connectivity index (χ3n) is 2.50. The minimum atomic E-state index is -0.376. The van der Waals surface area contributed by atoms with Gasteiger partial charge in [-0.2, -0.15) is 0 Å². The highest BCUT2D eigenvalue weighted by Gasteiger charge is 2.12. The van der Waals surface area contributed by atoms with Crippen molar-refractivity contribution >= 4 is 0 Å². The number of aliphatic hydroxyl groups excluding tert-OH is 1. The molecule has 0 aromatic rings. The average molecular weight is 202 g/mol. The number of aliphatic hydroxyl groups is 1. The fourth-order valence-corrected chi connectivity index (χ4v) is 1.47. The predicted molar refractivity (Wildman–Crippen MR) is 61.3 cm³/mol. The third kappa shape index (κ3) is 6.35. The lowest BCUT2D eigenvalue weighted by molar-refractivity contribution is 0.0994. The highest BCUT2D eigenvalue weighted by Crippen LogP contribution is 2.04. The van der Waals surface area contributed by atoms with Gasteiger partial charge in [0.15, 0.2) is 0 Å². The van der Waals surface area contributed by atoms with Crippen molar-refractivity contribution in [2.75, 3.05) is 19.6 Å². The Bertz CT molecular complexity index is 128. The van der Waals surface area contributed by atoms with E-state index in [4.69, 9.17) is 5.73 Å². The highest BCUT2D eigenvalue weighted by atomic mass is 16.3. The second-order valence-electron chi connectivity index (χ2n) is 4.19. The van der Waals surface area contributed by atoms with Gasteiger partial charge in [0.25, 0.3) is 0 Å². The molecule has 86 valence electrons. The van der Waals surface area contributed by atoms with Crippen LogP contribution in [0.2, 0.25) is 0 Å². The zero-order valence-electron chi connectivity index (χ0n) is 9.87. The fourth-order valence-electron chi connectivity index (χ4n) is 1.47. The molecule has 0 aliphatic carbocycles. The molecule has 1 atom stereocenters. The van der Waals surface area contributed by atoms with Gasteiger partial charge in [0.05, 0.1) is 6.10 Å². The second-order valence-corrected chi connectivity index (χ2v) is 4.19. The molecule has 0 aromatic carbocycles. The zero-order chi connectivity index (χ0) is 11.0. The summed E-state index contributed by atoms with van der Waals surface area (Å²) < 4.78 is 0. The van der Waals surface area contributed by atoms with E-state index in [2.05, 4.69) is 25.7 Å². The van der Waals surface area contributed by atoms with Crippen molar-refractivity contribution in [1.82, 2.24) is 4.90 Å². The fraction of sp³-hybridized carbons (Fsp3) is 1.00. The molecule has 0 radical (unpaired) electrons. The van der Waals surface area contributed by atoms with Crippen LogP contribution in [-0.4, -0.2) is 41.8 Å². The maximum atomic E-state index is 9.47. The van der Waals surface area contributed by atoms with Crippen LogP contribution in [0.3, 0.4) is 0 Å². The van der Waals surface area contributed by atoms with E-state index in [0.29, 0.717) is 19.1 Å². The van der Waals surface area contributed by atoms with E-state index in [1.165, 1.54) is 19.3 Å². The monoisotopic (exact) mass is 202 g/mol. The SMILES string of the molecule is CCCCCN(CC(O)CN)C(C)C. The number of nitrogens with two attached hydrogens (primary N) is 1. The average Bonchev–Trinajstić information content (AvgIpc) is 2.16. The summed E-state index contributed by atoms with van der Waals surface area (Å²) in [5, 5.41) is 9.47. The zero-order valence-corrected chi connectivity index (χ0v) is 9.87. The predicted octanol–water partition coefficient (Wildman–Crippen LogP) is 1.21. The second kappa shape index (κ2) is 8.21. The largest absolute Gasteiger partial charge is 0.390 e. The maximum Gasteiger partial charge on any atom is 0.0789 e. The number of nitrogens with zero attached hydrogens (tertiary/aromatic N) is 1. The minimum absolute atomic E-state index is 0.358. The number of rotatable bonds is 8. The standard InChI is InChI=1S/C11H26N2O/c1-4-5-6-7-13(10(2)3)9-11(14)8-12/h10-11,14H,4-9,12H2,1-3H3. The number of hydrogen-bond donors (Lipinski definition) is 2. The van der Waals surface area contributed by atoms with Gasteiger partial charge in [0, 0.05) is 19.1 Å². The van der Waals surface area contributed by atoms with Crippen molar-refractivity contribution < 1.29 is 5.11 Å². The quantitative estimate of drug-likeness (QED) is 0.582. The van der Waals surface area contributed by atoms with Crippen LogP contribution in [0.5, 0.6) is 0 Å². The maximum absolute atomic E-state index is 9.47. The Morgan fingerprint density at radius 2 is 1.93 bits per heavy atom. The normalized spacial score (nSPS) is 13.9. The van der Waals surface area contributed by atoms with Crippen LogP contribution in [0.4, 0.5) is 0 Å². The van der Waals surface area contributed by atoms with Crippen LogP contribution in [-0.2, 0) is 0 Å². The molecule has 0 aliphatic rings. The molecule has 0 rings (SSSR count).